The van der Waals surface area contributed by atoms with Crippen molar-refractivity contribution in [1.82, 2.24) is 25.1 Å². The van der Waals surface area contributed by atoms with Gasteiger partial charge in [0.1, 0.15) is 17.2 Å². The molecule has 3 heterocycles. The number of aromatic nitrogens is 2. The number of nitrogens with zero attached hydrogens (tertiary/aromatic N) is 3. The summed E-state index contributed by atoms with van der Waals surface area (Å²) in [6.45, 7) is 5.41. The third-order valence-electron chi connectivity index (χ3n) is 9.03. The molecule has 2 aromatic rings. The van der Waals surface area contributed by atoms with E-state index >= 15 is 0 Å². The van der Waals surface area contributed by atoms with Gasteiger partial charge in [0.15, 0.2) is 0 Å². The van der Waals surface area contributed by atoms with Crippen LogP contribution in [0.1, 0.15) is 79.2 Å². The lowest BCUT2D eigenvalue weighted by atomic mass is 9.88. The average molecular weight is 590 g/mol. The second-order valence-corrected chi connectivity index (χ2v) is 11.7. The predicted molar refractivity (Wildman–Crippen MR) is 163 cm³/mol. The summed E-state index contributed by atoms with van der Waals surface area (Å²) < 4.78 is 19.2. The minimum Gasteiger partial charge on any atom is -0.493 e. The molecule has 0 spiro atoms. The molecule has 2 fully saturated rings. The summed E-state index contributed by atoms with van der Waals surface area (Å²) in [4.78, 5) is 33.5. The van der Waals surface area contributed by atoms with E-state index in [1.54, 1.807) is 0 Å². The fourth-order valence-corrected chi connectivity index (χ4v) is 6.86. The largest absolute Gasteiger partial charge is 0.493 e. The van der Waals surface area contributed by atoms with Crippen LogP contribution in [0.15, 0.2) is 48.8 Å². The van der Waals surface area contributed by atoms with E-state index < -0.39 is 6.09 Å². The van der Waals surface area contributed by atoms with E-state index in [0.29, 0.717) is 38.4 Å². The minimum atomic E-state index is -0.392. The van der Waals surface area contributed by atoms with Crippen LogP contribution < -0.4 is 20.1 Å². The smallest absolute Gasteiger partial charge is 0.407 e. The predicted octanol–water partition coefficient (Wildman–Crippen LogP) is 4.53. The number of benzene rings is 1. The summed E-state index contributed by atoms with van der Waals surface area (Å²) in [5, 5.41) is 6.55. The number of carbonyl (C=O) groups excluding carboxylic acids is 2. The van der Waals surface area contributed by atoms with Crippen LogP contribution in [0.5, 0.6) is 11.5 Å². The molecule has 1 aromatic heterocycles. The summed E-state index contributed by atoms with van der Waals surface area (Å²) in [5.41, 5.74) is 2.66. The Kier molecular flexibility index (Phi) is 9.31. The van der Waals surface area contributed by atoms with Crippen LogP contribution in [0, 0.1) is 0 Å². The van der Waals surface area contributed by atoms with Crippen LogP contribution in [-0.4, -0.2) is 78.0 Å². The van der Waals surface area contributed by atoms with Gasteiger partial charge in [0.25, 0.3) is 5.91 Å². The third kappa shape index (κ3) is 6.59. The molecule has 1 saturated heterocycles. The fourth-order valence-electron chi connectivity index (χ4n) is 6.86. The van der Waals surface area contributed by atoms with Crippen LogP contribution in [0.2, 0.25) is 0 Å². The lowest BCUT2D eigenvalue weighted by Gasteiger charge is -2.37. The fraction of sp³-hybridized carbons (Fsp3) is 0.545. The van der Waals surface area contributed by atoms with Crippen LogP contribution in [0.25, 0.3) is 0 Å². The molecule has 43 heavy (non-hydrogen) atoms. The average Bonchev–Trinajstić information content (AvgIpc) is 3.69. The van der Waals surface area contributed by atoms with E-state index in [2.05, 4.69) is 33.4 Å². The Balaban J connectivity index is 1.21. The van der Waals surface area contributed by atoms with Crippen molar-refractivity contribution in [3.63, 3.8) is 0 Å². The number of alkyl carbamates (subject to hydrolysis) is 1. The number of amides is 2. The minimum absolute atomic E-state index is 0.00466. The van der Waals surface area contributed by atoms with E-state index in [1.165, 1.54) is 5.56 Å². The Morgan fingerprint density at radius 1 is 1.21 bits per heavy atom. The zero-order chi connectivity index (χ0) is 29.6. The Morgan fingerprint density at radius 2 is 2.12 bits per heavy atom. The van der Waals surface area contributed by atoms with Gasteiger partial charge in [-0.05, 0) is 37.8 Å². The molecule has 2 amide bonds. The number of piperazine rings is 1. The van der Waals surface area contributed by atoms with Crippen molar-refractivity contribution < 1.29 is 23.8 Å². The van der Waals surface area contributed by atoms with Crippen molar-refractivity contribution in [2.75, 3.05) is 39.5 Å². The molecule has 2 N–H and O–H groups in total. The van der Waals surface area contributed by atoms with Gasteiger partial charge in [-0.1, -0.05) is 43.2 Å². The number of fused-ring (bicyclic) bond motifs is 1. The summed E-state index contributed by atoms with van der Waals surface area (Å²) in [7, 11) is 0. The van der Waals surface area contributed by atoms with Crippen molar-refractivity contribution in [2.45, 2.75) is 75.9 Å². The first-order valence-electron chi connectivity index (χ1n) is 15.9. The lowest BCUT2D eigenvalue weighted by Crippen LogP contribution is -2.54. The molecule has 1 saturated carbocycles. The molecule has 2 unspecified atom stereocenters. The van der Waals surface area contributed by atoms with Gasteiger partial charge in [-0.25, -0.2) is 9.78 Å². The molecule has 230 valence electrons. The van der Waals surface area contributed by atoms with Gasteiger partial charge in [0.2, 0.25) is 0 Å². The summed E-state index contributed by atoms with van der Waals surface area (Å²) in [6.07, 6.45) is 16.1. The Labute approximate surface area is 253 Å². The molecular formula is C33H43N5O5. The molecule has 2 aliphatic carbocycles. The van der Waals surface area contributed by atoms with Crippen molar-refractivity contribution in [2.24, 2.45) is 0 Å². The van der Waals surface area contributed by atoms with E-state index in [0.717, 1.165) is 68.9 Å². The standard InChI is InChI=1S/C33H43N5O5/c1-2-41-33(40)36-27-10-6-7-11-28(27)38-22-35-30(31(38)24-8-4-3-5-9-24)32(39)37-17-16-34-21-25(37)15-19-42-26-13-12-23-14-18-43-29(23)20-26/h3-5,8,12-13,20,22,24-25,27-28,34H,2,6-7,9-11,14-19,21H2,1H3,(H,36,40)/t24?,25-,27?,28+/m1/s1. The highest BCUT2D eigenvalue weighted by Gasteiger charge is 2.36. The number of hydrogen-bond acceptors (Lipinski definition) is 7. The maximum Gasteiger partial charge on any atom is 0.407 e. The number of carbonyl (C=O) groups is 2. The molecule has 0 radical (unpaired) electrons. The molecule has 0 bridgehead atoms. The Bertz CT molecular complexity index is 1350. The summed E-state index contributed by atoms with van der Waals surface area (Å²) in [5.74, 6) is 1.68. The normalized spacial score (nSPS) is 24.7. The van der Waals surface area contributed by atoms with E-state index in [-0.39, 0.29) is 30.0 Å². The molecule has 10 nitrogen and oxygen atoms in total. The second kappa shape index (κ2) is 13.7. The summed E-state index contributed by atoms with van der Waals surface area (Å²) in [6, 6.07) is 5.94. The Morgan fingerprint density at radius 3 is 2.98 bits per heavy atom. The van der Waals surface area contributed by atoms with Gasteiger partial charge in [-0.2, -0.15) is 0 Å². The first kappa shape index (κ1) is 29.3. The highest BCUT2D eigenvalue weighted by Crippen LogP contribution is 2.36. The van der Waals surface area contributed by atoms with Gasteiger partial charge >= 0.3 is 6.09 Å². The topological polar surface area (TPSA) is 107 Å². The zero-order valence-corrected chi connectivity index (χ0v) is 25.0. The highest BCUT2D eigenvalue weighted by atomic mass is 16.5. The monoisotopic (exact) mass is 589 g/mol. The first-order valence-corrected chi connectivity index (χ1v) is 15.9. The third-order valence-corrected chi connectivity index (χ3v) is 9.03. The van der Waals surface area contributed by atoms with E-state index in [1.807, 2.05) is 42.4 Å². The SMILES string of the molecule is CCOC(=O)NC1CCCC[C@@H]1n1cnc(C(=O)N2CCNC[C@H]2CCOc2ccc3c(c2)OCC3)c1C1C=CC=CC1. The van der Waals surface area contributed by atoms with Crippen molar-refractivity contribution >= 4 is 12.0 Å². The lowest BCUT2D eigenvalue weighted by molar-refractivity contribution is 0.0598. The number of hydrogen-bond donors (Lipinski definition) is 2. The van der Waals surface area contributed by atoms with Crippen molar-refractivity contribution in [3.8, 4) is 11.5 Å². The molecule has 4 aliphatic rings. The molecule has 6 rings (SSSR count). The number of ether oxygens (including phenoxy) is 3. The molecule has 2 aliphatic heterocycles. The maximum atomic E-state index is 14.3. The van der Waals surface area contributed by atoms with Crippen molar-refractivity contribution in [3.05, 3.63) is 65.8 Å². The number of rotatable bonds is 9. The van der Waals surface area contributed by atoms with Gasteiger partial charge in [-0.3, -0.25) is 4.79 Å². The molecule has 4 atom stereocenters. The molecule has 10 heteroatoms. The van der Waals surface area contributed by atoms with Crippen molar-refractivity contribution in [1.29, 1.82) is 0 Å². The van der Waals surface area contributed by atoms with Gasteiger partial charge in [0.05, 0.1) is 43.9 Å². The maximum absolute atomic E-state index is 14.3. The van der Waals surface area contributed by atoms with Crippen LogP contribution in [0.3, 0.4) is 0 Å². The van der Waals surface area contributed by atoms with E-state index in [4.69, 9.17) is 19.2 Å². The second-order valence-electron chi connectivity index (χ2n) is 11.7. The quantitative estimate of drug-likeness (QED) is 0.443. The first-order chi connectivity index (χ1) is 21.1. The highest BCUT2D eigenvalue weighted by molar-refractivity contribution is 5.94. The van der Waals surface area contributed by atoms with Crippen LogP contribution >= 0.6 is 0 Å². The summed E-state index contributed by atoms with van der Waals surface area (Å²) >= 11 is 0. The van der Waals surface area contributed by atoms with E-state index in [9.17, 15) is 9.59 Å². The number of nitrogens with one attached hydrogen (secondary N) is 2. The van der Waals surface area contributed by atoms with Gasteiger partial charge in [0, 0.05) is 50.5 Å². The number of imidazole rings is 1. The van der Waals surface area contributed by atoms with Gasteiger partial charge < -0.3 is 34.3 Å². The molecule has 1 aromatic carbocycles. The zero-order valence-electron chi connectivity index (χ0n) is 25.0. The van der Waals surface area contributed by atoms with Crippen LogP contribution in [0.4, 0.5) is 4.79 Å². The van der Waals surface area contributed by atoms with Crippen LogP contribution in [-0.2, 0) is 11.2 Å². The molecular weight excluding hydrogens is 546 g/mol. The number of allylic oxidation sites excluding steroid dienone is 4. The Hall–Kier alpha value is -3.79. The van der Waals surface area contributed by atoms with Gasteiger partial charge in [-0.15, -0.1) is 0 Å².